The molecule has 6 heteroatoms. The molecule has 0 aromatic carbocycles. The molecule has 2 saturated heterocycles. The molecule has 114 valence electrons. The Morgan fingerprint density at radius 2 is 1.80 bits per heavy atom. The van der Waals surface area contributed by atoms with E-state index in [0.717, 1.165) is 19.3 Å². The topological polar surface area (TPSA) is 70.1 Å². The third-order valence-electron chi connectivity index (χ3n) is 4.75. The zero-order valence-electron chi connectivity index (χ0n) is 12.5. The molecule has 2 aliphatic heterocycles. The van der Waals surface area contributed by atoms with Gasteiger partial charge in [-0.3, -0.25) is 0 Å². The number of ether oxygens (including phenoxy) is 1. The molecule has 2 fully saturated rings. The Morgan fingerprint density at radius 1 is 1.15 bits per heavy atom. The number of urea groups is 1. The number of piperidine rings is 1. The molecule has 2 atom stereocenters. The predicted molar refractivity (Wildman–Crippen MR) is 73.6 cm³/mol. The van der Waals surface area contributed by atoms with Gasteiger partial charge in [0, 0.05) is 20.2 Å². The van der Waals surface area contributed by atoms with E-state index < -0.39 is 11.5 Å². The van der Waals surface area contributed by atoms with Gasteiger partial charge >= 0.3 is 12.0 Å². The molecule has 20 heavy (non-hydrogen) atoms. The highest BCUT2D eigenvalue weighted by atomic mass is 16.5. The van der Waals surface area contributed by atoms with Crippen LogP contribution < -0.4 is 0 Å². The minimum Gasteiger partial charge on any atom is -0.480 e. The highest BCUT2D eigenvalue weighted by Gasteiger charge is 2.48. The van der Waals surface area contributed by atoms with Crippen LogP contribution in [0.2, 0.25) is 0 Å². The summed E-state index contributed by atoms with van der Waals surface area (Å²) >= 11 is 0. The first-order valence-corrected chi connectivity index (χ1v) is 7.17. The number of likely N-dealkylation sites (tertiary alicyclic amines) is 2. The summed E-state index contributed by atoms with van der Waals surface area (Å²) in [5, 5.41) is 9.40. The minimum absolute atomic E-state index is 0.171. The van der Waals surface area contributed by atoms with Crippen molar-refractivity contribution >= 4 is 12.0 Å². The van der Waals surface area contributed by atoms with Crippen LogP contribution in [0.25, 0.3) is 0 Å². The number of hydrogen-bond acceptors (Lipinski definition) is 3. The SMILES string of the molecule is COC1(C)CCCN(C(=O)N2CCCC2(C)C(=O)O)C1. The lowest BCUT2D eigenvalue weighted by atomic mass is 9.94. The smallest absolute Gasteiger partial charge is 0.329 e. The number of carbonyl (C=O) groups is 2. The molecule has 0 aromatic rings. The van der Waals surface area contributed by atoms with Gasteiger partial charge < -0.3 is 19.6 Å². The summed E-state index contributed by atoms with van der Waals surface area (Å²) in [5.41, 5.74) is -1.40. The van der Waals surface area contributed by atoms with Crippen LogP contribution in [-0.2, 0) is 9.53 Å². The minimum atomic E-state index is -1.07. The number of carbonyl (C=O) groups excluding carboxylic acids is 1. The number of carboxylic acids is 1. The van der Waals surface area contributed by atoms with E-state index in [0.29, 0.717) is 26.1 Å². The predicted octanol–water partition coefficient (Wildman–Crippen LogP) is 1.55. The van der Waals surface area contributed by atoms with Gasteiger partial charge in [0.25, 0.3) is 0 Å². The Balaban J connectivity index is 2.13. The maximum atomic E-state index is 12.7. The second-order valence-electron chi connectivity index (χ2n) is 6.30. The third kappa shape index (κ3) is 2.49. The summed E-state index contributed by atoms with van der Waals surface area (Å²) < 4.78 is 5.49. The molecule has 0 radical (unpaired) electrons. The van der Waals surface area contributed by atoms with Crippen LogP contribution in [0.4, 0.5) is 4.79 Å². The van der Waals surface area contributed by atoms with Crippen molar-refractivity contribution < 1.29 is 19.4 Å². The number of methoxy groups -OCH3 is 1. The van der Waals surface area contributed by atoms with Gasteiger partial charge in [-0.1, -0.05) is 0 Å². The Hall–Kier alpha value is -1.30. The maximum absolute atomic E-state index is 12.7. The first-order chi connectivity index (χ1) is 9.32. The zero-order chi connectivity index (χ0) is 15.0. The van der Waals surface area contributed by atoms with Crippen molar-refractivity contribution in [3.8, 4) is 0 Å². The van der Waals surface area contributed by atoms with Gasteiger partial charge in [0.15, 0.2) is 0 Å². The van der Waals surface area contributed by atoms with E-state index in [1.165, 1.54) is 4.90 Å². The number of amides is 2. The molecule has 0 spiro atoms. The molecule has 0 aromatic heterocycles. The Bertz CT molecular complexity index is 414. The van der Waals surface area contributed by atoms with Crippen molar-refractivity contribution in [2.75, 3.05) is 26.7 Å². The number of carboxylic acid groups (broad SMARTS) is 1. The summed E-state index contributed by atoms with van der Waals surface area (Å²) in [7, 11) is 1.66. The fraction of sp³-hybridized carbons (Fsp3) is 0.857. The molecule has 2 rings (SSSR count). The van der Waals surface area contributed by atoms with Crippen LogP contribution >= 0.6 is 0 Å². The largest absolute Gasteiger partial charge is 0.480 e. The summed E-state index contributed by atoms with van der Waals surface area (Å²) in [6.45, 7) is 5.34. The van der Waals surface area contributed by atoms with E-state index in [1.54, 1.807) is 18.9 Å². The number of nitrogens with zero attached hydrogens (tertiary/aromatic N) is 2. The van der Waals surface area contributed by atoms with E-state index in [-0.39, 0.29) is 11.6 Å². The number of hydrogen-bond donors (Lipinski definition) is 1. The summed E-state index contributed by atoms with van der Waals surface area (Å²) in [6.07, 6.45) is 3.06. The van der Waals surface area contributed by atoms with Crippen LogP contribution in [0.1, 0.15) is 39.5 Å². The molecule has 2 heterocycles. The molecular weight excluding hydrogens is 260 g/mol. The van der Waals surface area contributed by atoms with Crippen LogP contribution in [-0.4, -0.2) is 64.8 Å². The molecular formula is C14H24N2O4. The fourth-order valence-corrected chi connectivity index (χ4v) is 3.20. The highest BCUT2D eigenvalue weighted by molar-refractivity contribution is 5.86. The molecule has 2 amide bonds. The molecule has 0 aliphatic carbocycles. The van der Waals surface area contributed by atoms with Crippen molar-refractivity contribution in [2.24, 2.45) is 0 Å². The Kier molecular flexibility index (Phi) is 3.95. The number of aliphatic carboxylic acids is 1. The summed E-state index contributed by atoms with van der Waals surface area (Å²) in [5.74, 6) is -0.921. The van der Waals surface area contributed by atoms with Crippen LogP contribution in [0.5, 0.6) is 0 Å². The summed E-state index contributed by atoms with van der Waals surface area (Å²) in [4.78, 5) is 27.4. The monoisotopic (exact) mass is 284 g/mol. The Labute approximate surface area is 119 Å². The van der Waals surface area contributed by atoms with Gasteiger partial charge in [0.2, 0.25) is 0 Å². The fourth-order valence-electron chi connectivity index (χ4n) is 3.20. The van der Waals surface area contributed by atoms with Gasteiger partial charge in [-0.15, -0.1) is 0 Å². The lowest BCUT2D eigenvalue weighted by Crippen LogP contribution is -2.59. The van der Waals surface area contributed by atoms with E-state index in [4.69, 9.17) is 4.74 Å². The van der Waals surface area contributed by atoms with E-state index >= 15 is 0 Å². The quantitative estimate of drug-likeness (QED) is 0.835. The van der Waals surface area contributed by atoms with Crippen molar-refractivity contribution in [3.63, 3.8) is 0 Å². The van der Waals surface area contributed by atoms with Crippen molar-refractivity contribution in [1.29, 1.82) is 0 Å². The van der Waals surface area contributed by atoms with Gasteiger partial charge in [-0.25, -0.2) is 9.59 Å². The second kappa shape index (κ2) is 5.24. The first kappa shape index (κ1) is 15.1. The lowest BCUT2D eigenvalue weighted by Gasteiger charge is -2.42. The molecule has 0 saturated carbocycles. The molecule has 1 N–H and O–H groups in total. The summed E-state index contributed by atoms with van der Waals surface area (Å²) in [6, 6.07) is -0.171. The van der Waals surface area contributed by atoms with Crippen molar-refractivity contribution in [1.82, 2.24) is 9.80 Å². The maximum Gasteiger partial charge on any atom is 0.329 e. The molecule has 6 nitrogen and oxygen atoms in total. The van der Waals surface area contributed by atoms with E-state index in [2.05, 4.69) is 0 Å². The normalized spacial score (nSPS) is 34.4. The van der Waals surface area contributed by atoms with Crippen molar-refractivity contribution in [2.45, 2.75) is 50.7 Å². The van der Waals surface area contributed by atoms with Gasteiger partial charge in [0.05, 0.1) is 12.1 Å². The van der Waals surface area contributed by atoms with Gasteiger partial charge in [-0.05, 0) is 39.5 Å². The molecule has 2 unspecified atom stereocenters. The average molecular weight is 284 g/mol. The third-order valence-corrected chi connectivity index (χ3v) is 4.75. The van der Waals surface area contributed by atoms with Crippen LogP contribution in [0.3, 0.4) is 0 Å². The first-order valence-electron chi connectivity index (χ1n) is 7.17. The van der Waals surface area contributed by atoms with Crippen molar-refractivity contribution in [3.05, 3.63) is 0 Å². The van der Waals surface area contributed by atoms with Crippen LogP contribution in [0.15, 0.2) is 0 Å². The standard InChI is InChI=1S/C14H24N2O4/c1-13(20-3)6-4-8-15(10-13)12(19)16-9-5-7-14(16,2)11(17)18/h4-10H2,1-3H3,(H,17,18). The number of rotatable bonds is 2. The van der Waals surface area contributed by atoms with Gasteiger partial charge in [0.1, 0.15) is 5.54 Å². The van der Waals surface area contributed by atoms with E-state index in [9.17, 15) is 14.7 Å². The molecule has 0 bridgehead atoms. The van der Waals surface area contributed by atoms with Gasteiger partial charge in [-0.2, -0.15) is 0 Å². The second-order valence-corrected chi connectivity index (χ2v) is 6.30. The lowest BCUT2D eigenvalue weighted by molar-refractivity contribution is -0.147. The highest BCUT2D eigenvalue weighted by Crippen LogP contribution is 2.32. The Morgan fingerprint density at radius 3 is 2.40 bits per heavy atom. The zero-order valence-corrected chi connectivity index (χ0v) is 12.5. The average Bonchev–Trinajstić information content (AvgIpc) is 2.81. The van der Waals surface area contributed by atoms with Crippen LogP contribution in [0, 0.1) is 0 Å². The molecule has 2 aliphatic rings. The van der Waals surface area contributed by atoms with E-state index in [1.807, 2.05) is 6.92 Å².